The lowest BCUT2D eigenvalue weighted by Crippen LogP contribution is -2.27. The van der Waals surface area contributed by atoms with Gasteiger partial charge in [0.2, 0.25) is 0 Å². The SMILES string of the molecule is COCc1cccc(C(=O)N(C)Cc2ncc(C)c(OC)c2C)c1. The molecular weight excluding hydrogens is 304 g/mol. The Morgan fingerprint density at radius 1 is 1.25 bits per heavy atom. The van der Waals surface area contributed by atoms with Crippen LogP contribution in [-0.2, 0) is 17.9 Å². The summed E-state index contributed by atoms with van der Waals surface area (Å²) in [7, 11) is 5.06. The van der Waals surface area contributed by atoms with E-state index in [9.17, 15) is 4.79 Å². The molecule has 0 unspecified atom stereocenters. The molecule has 0 bridgehead atoms. The third-order valence-electron chi connectivity index (χ3n) is 3.97. The van der Waals surface area contributed by atoms with Crippen LogP contribution >= 0.6 is 0 Å². The summed E-state index contributed by atoms with van der Waals surface area (Å²) in [6.45, 7) is 4.83. The van der Waals surface area contributed by atoms with E-state index in [0.717, 1.165) is 28.1 Å². The van der Waals surface area contributed by atoms with Crippen LogP contribution in [0.1, 0.15) is 32.7 Å². The van der Waals surface area contributed by atoms with Crippen molar-refractivity contribution in [2.45, 2.75) is 27.0 Å². The van der Waals surface area contributed by atoms with Gasteiger partial charge in [0.25, 0.3) is 5.91 Å². The normalized spacial score (nSPS) is 10.5. The topological polar surface area (TPSA) is 51.7 Å². The van der Waals surface area contributed by atoms with Gasteiger partial charge in [0.15, 0.2) is 0 Å². The first-order valence-electron chi connectivity index (χ1n) is 7.80. The second-order valence-corrected chi connectivity index (χ2v) is 5.84. The molecule has 1 heterocycles. The molecule has 0 aliphatic heterocycles. The van der Waals surface area contributed by atoms with Crippen molar-refractivity contribution >= 4 is 5.91 Å². The number of ether oxygens (including phenoxy) is 2. The first-order chi connectivity index (χ1) is 11.5. The van der Waals surface area contributed by atoms with Crippen molar-refractivity contribution in [3.8, 4) is 5.75 Å². The van der Waals surface area contributed by atoms with E-state index < -0.39 is 0 Å². The number of methoxy groups -OCH3 is 2. The number of rotatable bonds is 6. The maximum atomic E-state index is 12.7. The summed E-state index contributed by atoms with van der Waals surface area (Å²) in [6.07, 6.45) is 1.78. The van der Waals surface area contributed by atoms with Gasteiger partial charge < -0.3 is 14.4 Å². The number of hydrogen-bond acceptors (Lipinski definition) is 4. The molecule has 5 heteroatoms. The zero-order valence-electron chi connectivity index (χ0n) is 14.9. The molecular formula is C19H24N2O3. The first kappa shape index (κ1) is 17.9. The van der Waals surface area contributed by atoms with Crippen molar-refractivity contribution in [2.75, 3.05) is 21.3 Å². The quantitative estimate of drug-likeness (QED) is 0.817. The molecule has 0 saturated heterocycles. The molecule has 0 aliphatic rings. The van der Waals surface area contributed by atoms with Crippen LogP contribution in [0.3, 0.4) is 0 Å². The average molecular weight is 328 g/mol. The van der Waals surface area contributed by atoms with E-state index in [1.54, 1.807) is 32.4 Å². The van der Waals surface area contributed by atoms with Gasteiger partial charge in [-0.3, -0.25) is 9.78 Å². The van der Waals surface area contributed by atoms with Crippen LogP contribution in [-0.4, -0.2) is 37.1 Å². The highest BCUT2D eigenvalue weighted by atomic mass is 16.5. The summed E-state index contributed by atoms with van der Waals surface area (Å²) >= 11 is 0. The number of hydrogen-bond donors (Lipinski definition) is 0. The molecule has 1 aromatic heterocycles. The Morgan fingerprint density at radius 2 is 2.00 bits per heavy atom. The summed E-state index contributed by atoms with van der Waals surface area (Å²) in [6, 6.07) is 7.48. The number of aromatic nitrogens is 1. The van der Waals surface area contributed by atoms with E-state index in [1.165, 1.54) is 0 Å². The van der Waals surface area contributed by atoms with E-state index in [-0.39, 0.29) is 5.91 Å². The lowest BCUT2D eigenvalue weighted by molar-refractivity contribution is 0.0782. The third-order valence-corrected chi connectivity index (χ3v) is 3.97. The number of nitrogens with zero attached hydrogens (tertiary/aromatic N) is 2. The van der Waals surface area contributed by atoms with E-state index in [2.05, 4.69) is 4.98 Å². The minimum absolute atomic E-state index is 0.0475. The fourth-order valence-corrected chi connectivity index (χ4v) is 2.71. The smallest absolute Gasteiger partial charge is 0.253 e. The fraction of sp³-hybridized carbons (Fsp3) is 0.368. The van der Waals surface area contributed by atoms with Crippen LogP contribution in [0.25, 0.3) is 0 Å². The van der Waals surface area contributed by atoms with Crippen LogP contribution in [0, 0.1) is 13.8 Å². The van der Waals surface area contributed by atoms with E-state index in [1.807, 2.05) is 38.1 Å². The minimum atomic E-state index is -0.0475. The summed E-state index contributed by atoms with van der Waals surface area (Å²) < 4.78 is 10.6. The van der Waals surface area contributed by atoms with E-state index >= 15 is 0 Å². The molecule has 2 aromatic rings. The molecule has 0 aliphatic carbocycles. The van der Waals surface area contributed by atoms with Gasteiger partial charge in [0.1, 0.15) is 5.75 Å². The Labute approximate surface area is 143 Å². The molecule has 0 N–H and O–H groups in total. The largest absolute Gasteiger partial charge is 0.496 e. The zero-order chi connectivity index (χ0) is 17.7. The van der Waals surface area contributed by atoms with Crippen molar-refractivity contribution in [1.82, 2.24) is 9.88 Å². The Kier molecular flexibility index (Phi) is 5.93. The average Bonchev–Trinajstić information content (AvgIpc) is 2.57. The second-order valence-electron chi connectivity index (χ2n) is 5.84. The van der Waals surface area contributed by atoms with Crippen LogP contribution in [0.5, 0.6) is 5.75 Å². The number of benzene rings is 1. The Bertz CT molecular complexity index is 729. The summed E-state index contributed by atoms with van der Waals surface area (Å²) in [5.74, 6) is 0.775. The molecule has 2 rings (SSSR count). The molecule has 128 valence electrons. The van der Waals surface area contributed by atoms with Crippen LogP contribution in [0.15, 0.2) is 30.5 Å². The van der Waals surface area contributed by atoms with Gasteiger partial charge in [0.05, 0.1) is 26.0 Å². The van der Waals surface area contributed by atoms with Crippen molar-refractivity contribution in [2.24, 2.45) is 0 Å². The molecule has 1 aromatic carbocycles. The second kappa shape index (κ2) is 7.93. The maximum absolute atomic E-state index is 12.7. The molecule has 5 nitrogen and oxygen atoms in total. The zero-order valence-corrected chi connectivity index (χ0v) is 14.9. The number of carbonyl (C=O) groups excluding carboxylic acids is 1. The lowest BCUT2D eigenvalue weighted by atomic mass is 10.1. The van der Waals surface area contributed by atoms with E-state index in [0.29, 0.717) is 18.7 Å². The highest BCUT2D eigenvalue weighted by Gasteiger charge is 2.16. The van der Waals surface area contributed by atoms with Gasteiger partial charge in [0, 0.05) is 37.0 Å². The monoisotopic (exact) mass is 328 g/mol. The predicted octanol–water partition coefficient (Wildman–Crippen LogP) is 3.13. The first-order valence-corrected chi connectivity index (χ1v) is 7.80. The van der Waals surface area contributed by atoms with Gasteiger partial charge in [-0.25, -0.2) is 0 Å². The number of amides is 1. The van der Waals surface area contributed by atoms with Gasteiger partial charge in [-0.15, -0.1) is 0 Å². The fourth-order valence-electron chi connectivity index (χ4n) is 2.71. The summed E-state index contributed by atoms with van der Waals surface area (Å²) in [5, 5.41) is 0. The highest BCUT2D eigenvalue weighted by molar-refractivity contribution is 5.94. The van der Waals surface area contributed by atoms with Gasteiger partial charge in [-0.2, -0.15) is 0 Å². The van der Waals surface area contributed by atoms with Gasteiger partial charge >= 0.3 is 0 Å². The van der Waals surface area contributed by atoms with Crippen molar-refractivity contribution in [3.05, 3.63) is 58.4 Å². The van der Waals surface area contributed by atoms with Crippen molar-refractivity contribution in [1.29, 1.82) is 0 Å². The lowest BCUT2D eigenvalue weighted by Gasteiger charge is -2.20. The molecule has 0 atom stereocenters. The third kappa shape index (κ3) is 3.92. The van der Waals surface area contributed by atoms with Crippen LogP contribution < -0.4 is 4.74 Å². The molecule has 0 saturated carbocycles. The number of carbonyl (C=O) groups is 1. The molecule has 0 radical (unpaired) electrons. The predicted molar refractivity (Wildman–Crippen MR) is 93.2 cm³/mol. The van der Waals surface area contributed by atoms with Crippen LogP contribution in [0.4, 0.5) is 0 Å². The standard InChI is InChI=1S/C19H24N2O3/c1-13-10-20-17(14(2)18(13)24-5)11-21(3)19(22)16-8-6-7-15(9-16)12-23-4/h6-10H,11-12H2,1-5H3. The summed E-state index contributed by atoms with van der Waals surface area (Å²) in [4.78, 5) is 18.8. The van der Waals surface area contributed by atoms with Gasteiger partial charge in [-0.05, 0) is 31.5 Å². The van der Waals surface area contributed by atoms with Gasteiger partial charge in [-0.1, -0.05) is 12.1 Å². The summed E-state index contributed by atoms with van der Waals surface area (Å²) in [5.41, 5.74) is 4.40. The molecule has 24 heavy (non-hydrogen) atoms. The number of aryl methyl sites for hydroxylation is 1. The Hall–Kier alpha value is -2.40. The van der Waals surface area contributed by atoms with Crippen molar-refractivity contribution in [3.63, 3.8) is 0 Å². The minimum Gasteiger partial charge on any atom is -0.496 e. The van der Waals surface area contributed by atoms with Crippen LogP contribution in [0.2, 0.25) is 0 Å². The number of pyridine rings is 1. The highest BCUT2D eigenvalue weighted by Crippen LogP contribution is 2.24. The Balaban J connectivity index is 2.19. The maximum Gasteiger partial charge on any atom is 0.253 e. The molecule has 0 fully saturated rings. The van der Waals surface area contributed by atoms with Crippen molar-refractivity contribution < 1.29 is 14.3 Å². The molecule has 0 spiro atoms. The Morgan fingerprint density at radius 3 is 2.67 bits per heavy atom. The van der Waals surface area contributed by atoms with E-state index in [4.69, 9.17) is 9.47 Å². The molecule has 1 amide bonds.